The molecule has 0 radical (unpaired) electrons. The van der Waals surface area contributed by atoms with Crippen LogP contribution in [0.5, 0.6) is 0 Å². The molecule has 2 aromatic rings. The molecular formula is C11H11N3O3S. The van der Waals surface area contributed by atoms with E-state index in [9.17, 15) is 9.59 Å². The molecule has 6 nitrogen and oxygen atoms in total. The van der Waals surface area contributed by atoms with Gasteiger partial charge in [0, 0.05) is 17.3 Å². The average molecular weight is 265 g/mol. The second-order valence-electron chi connectivity index (χ2n) is 3.65. The van der Waals surface area contributed by atoms with Gasteiger partial charge >= 0.3 is 5.97 Å². The molecular weight excluding hydrogens is 254 g/mol. The molecule has 0 aliphatic heterocycles. The molecule has 0 aromatic carbocycles. The molecule has 0 aliphatic carbocycles. The van der Waals surface area contributed by atoms with Gasteiger partial charge in [-0.05, 0) is 19.1 Å². The Kier molecular flexibility index (Phi) is 3.42. The van der Waals surface area contributed by atoms with Gasteiger partial charge in [0.15, 0.2) is 5.13 Å². The molecule has 0 aliphatic rings. The Balaban J connectivity index is 2.03. The van der Waals surface area contributed by atoms with Crippen molar-refractivity contribution in [2.45, 2.75) is 13.5 Å². The van der Waals surface area contributed by atoms with Crippen LogP contribution in [-0.2, 0) is 11.3 Å². The van der Waals surface area contributed by atoms with Gasteiger partial charge in [-0.1, -0.05) is 0 Å². The number of aromatic carboxylic acids is 1. The molecule has 2 heterocycles. The number of carboxylic acid groups (broad SMARTS) is 1. The van der Waals surface area contributed by atoms with Crippen molar-refractivity contribution in [3.8, 4) is 0 Å². The summed E-state index contributed by atoms with van der Waals surface area (Å²) in [6, 6.07) is 3.04. The van der Waals surface area contributed by atoms with E-state index in [-0.39, 0.29) is 18.1 Å². The Morgan fingerprint density at radius 2 is 2.33 bits per heavy atom. The molecule has 18 heavy (non-hydrogen) atoms. The highest BCUT2D eigenvalue weighted by molar-refractivity contribution is 7.15. The molecule has 7 heteroatoms. The van der Waals surface area contributed by atoms with Crippen molar-refractivity contribution in [3.05, 3.63) is 35.1 Å². The van der Waals surface area contributed by atoms with Crippen molar-refractivity contribution in [2.24, 2.45) is 0 Å². The lowest BCUT2D eigenvalue weighted by Gasteiger charge is -2.05. The fourth-order valence-electron chi connectivity index (χ4n) is 1.47. The van der Waals surface area contributed by atoms with Crippen LogP contribution in [0.1, 0.15) is 15.4 Å². The topological polar surface area (TPSA) is 84.2 Å². The number of amides is 1. The number of aryl methyl sites for hydroxylation is 1. The Hall–Kier alpha value is -2.15. The Morgan fingerprint density at radius 3 is 2.94 bits per heavy atom. The number of carbonyl (C=O) groups is 2. The number of hydrogen-bond acceptors (Lipinski definition) is 4. The van der Waals surface area contributed by atoms with Crippen molar-refractivity contribution in [1.29, 1.82) is 0 Å². The van der Waals surface area contributed by atoms with Gasteiger partial charge in [0.05, 0.1) is 0 Å². The molecule has 94 valence electrons. The molecule has 0 bridgehead atoms. The van der Waals surface area contributed by atoms with Crippen LogP contribution >= 0.6 is 11.3 Å². The molecule has 0 saturated carbocycles. The Labute approximate surface area is 107 Å². The second kappa shape index (κ2) is 5.01. The summed E-state index contributed by atoms with van der Waals surface area (Å²) >= 11 is 1.37. The minimum absolute atomic E-state index is 0.0484. The molecule has 1 amide bonds. The SMILES string of the molecule is Cc1cnc(NC(=O)Cn2cccc2C(=O)O)s1. The Morgan fingerprint density at radius 1 is 1.56 bits per heavy atom. The molecule has 2 rings (SSSR count). The first kappa shape index (κ1) is 12.3. The summed E-state index contributed by atoms with van der Waals surface area (Å²) in [4.78, 5) is 27.6. The molecule has 2 aromatic heterocycles. The largest absolute Gasteiger partial charge is 0.477 e. The third-order valence-corrected chi connectivity index (χ3v) is 3.06. The zero-order valence-electron chi connectivity index (χ0n) is 9.58. The monoisotopic (exact) mass is 265 g/mol. The maximum atomic E-state index is 11.7. The third-order valence-electron chi connectivity index (χ3n) is 2.23. The number of aromatic nitrogens is 2. The fraction of sp³-hybridized carbons (Fsp3) is 0.182. The van der Waals surface area contributed by atoms with E-state index in [2.05, 4.69) is 10.3 Å². The van der Waals surface area contributed by atoms with Gasteiger partial charge in [-0.25, -0.2) is 9.78 Å². The van der Waals surface area contributed by atoms with Gasteiger partial charge in [0.25, 0.3) is 0 Å². The van der Waals surface area contributed by atoms with Gasteiger partial charge < -0.3 is 15.0 Å². The zero-order chi connectivity index (χ0) is 13.1. The summed E-state index contributed by atoms with van der Waals surface area (Å²) in [5.41, 5.74) is 0.0838. The van der Waals surface area contributed by atoms with Crippen LogP contribution < -0.4 is 5.32 Å². The van der Waals surface area contributed by atoms with Gasteiger partial charge in [0.1, 0.15) is 12.2 Å². The van der Waals surface area contributed by atoms with E-state index in [0.717, 1.165) is 4.88 Å². The Bertz CT molecular complexity index is 588. The smallest absolute Gasteiger partial charge is 0.352 e. The summed E-state index contributed by atoms with van der Waals surface area (Å²) in [5, 5.41) is 12.0. The lowest BCUT2D eigenvalue weighted by atomic mass is 10.4. The number of carboxylic acids is 1. The fourth-order valence-corrected chi connectivity index (χ4v) is 2.15. The van der Waals surface area contributed by atoms with Crippen molar-refractivity contribution in [3.63, 3.8) is 0 Å². The maximum absolute atomic E-state index is 11.7. The first-order valence-electron chi connectivity index (χ1n) is 5.17. The van der Waals surface area contributed by atoms with Gasteiger partial charge in [-0.15, -0.1) is 11.3 Å². The van der Waals surface area contributed by atoms with Crippen LogP contribution in [0.4, 0.5) is 5.13 Å². The van der Waals surface area contributed by atoms with Crippen LogP contribution in [0.25, 0.3) is 0 Å². The van der Waals surface area contributed by atoms with E-state index >= 15 is 0 Å². The lowest BCUT2D eigenvalue weighted by molar-refractivity contribution is -0.116. The molecule has 0 spiro atoms. The third kappa shape index (κ3) is 2.75. The van der Waals surface area contributed by atoms with E-state index in [1.807, 2.05) is 6.92 Å². The second-order valence-corrected chi connectivity index (χ2v) is 4.89. The standard InChI is InChI=1S/C11H11N3O3S/c1-7-5-12-11(18-7)13-9(15)6-14-4-2-3-8(14)10(16)17/h2-5H,6H2,1H3,(H,16,17)(H,12,13,15). The normalized spacial score (nSPS) is 10.3. The summed E-state index contributed by atoms with van der Waals surface area (Å²) in [6.45, 7) is 1.84. The van der Waals surface area contributed by atoms with Crippen molar-refractivity contribution >= 4 is 28.3 Å². The number of rotatable bonds is 4. The summed E-state index contributed by atoms with van der Waals surface area (Å²) in [6.07, 6.45) is 3.22. The number of hydrogen-bond donors (Lipinski definition) is 2. The van der Waals surface area contributed by atoms with Crippen LogP contribution in [0.15, 0.2) is 24.5 Å². The summed E-state index contributed by atoms with van der Waals surface area (Å²) in [7, 11) is 0. The first-order valence-corrected chi connectivity index (χ1v) is 5.98. The molecule has 0 atom stereocenters. The molecule has 0 unspecified atom stereocenters. The van der Waals surface area contributed by atoms with Crippen LogP contribution in [-0.4, -0.2) is 26.5 Å². The first-order chi connectivity index (χ1) is 8.56. The zero-order valence-corrected chi connectivity index (χ0v) is 10.4. The minimum Gasteiger partial charge on any atom is -0.477 e. The maximum Gasteiger partial charge on any atom is 0.352 e. The quantitative estimate of drug-likeness (QED) is 0.879. The van der Waals surface area contributed by atoms with Gasteiger partial charge in [-0.3, -0.25) is 4.79 Å². The molecule has 0 saturated heterocycles. The highest BCUT2D eigenvalue weighted by Crippen LogP contribution is 2.16. The minimum atomic E-state index is -1.06. The lowest BCUT2D eigenvalue weighted by Crippen LogP contribution is -2.20. The number of nitrogens with one attached hydrogen (secondary N) is 1. The number of carbonyl (C=O) groups excluding carboxylic acids is 1. The van der Waals surface area contributed by atoms with Crippen LogP contribution in [0.2, 0.25) is 0 Å². The van der Waals surface area contributed by atoms with Crippen LogP contribution in [0, 0.1) is 6.92 Å². The van der Waals surface area contributed by atoms with Gasteiger partial charge in [0.2, 0.25) is 5.91 Å². The average Bonchev–Trinajstić information content (AvgIpc) is 2.87. The van der Waals surface area contributed by atoms with E-state index in [1.54, 1.807) is 18.5 Å². The summed E-state index contributed by atoms with van der Waals surface area (Å²) in [5.74, 6) is -1.36. The van der Waals surface area contributed by atoms with Gasteiger partial charge in [-0.2, -0.15) is 0 Å². The highest BCUT2D eigenvalue weighted by Gasteiger charge is 2.12. The van der Waals surface area contributed by atoms with Crippen LogP contribution in [0.3, 0.4) is 0 Å². The van der Waals surface area contributed by atoms with Crippen molar-refractivity contribution in [1.82, 2.24) is 9.55 Å². The number of nitrogens with zero attached hydrogens (tertiary/aromatic N) is 2. The highest BCUT2D eigenvalue weighted by atomic mass is 32.1. The van der Waals surface area contributed by atoms with E-state index in [4.69, 9.17) is 5.11 Å². The van der Waals surface area contributed by atoms with Crippen molar-refractivity contribution in [2.75, 3.05) is 5.32 Å². The van der Waals surface area contributed by atoms with E-state index in [1.165, 1.54) is 22.0 Å². The molecule has 0 fully saturated rings. The molecule has 2 N–H and O–H groups in total. The number of anilines is 1. The van der Waals surface area contributed by atoms with Crippen molar-refractivity contribution < 1.29 is 14.7 Å². The van der Waals surface area contributed by atoms with E-state index < -0.39 is 5.97 Å². The number of thiazole rings is 1. The summed E-state index contributed by atoms with van der Waals surface area (Å²) < 4.78 is 1.37. The predicted molar refractivity (Wildman–Crippen MR) is 66.9 cm³/mol. The van der Waals surface area contributed by atoms with E-state index in [0.29, 0.717) is 5.13 Å². The predicted octanol–water partition coefficient (Wildman–Crippen LogP) is 1.59.